The second kappa shape index (κ2) is 4.30. The largest absolute Gasteiger partial charge is 0.480 e. The minimum absolute atomic E-state index is 0.124. The molecule has 0 saturated carbocycles. The van der Waals surface area contributed by atoms with E-state index in [0.717, 1.165) is 0 Å². The minimum atomic E-state index is -1.08. The Labute approximate surface area is 112 Å². The fraction of sp³-hybridized carbons (Fsp3) is 0.0769. The summed E-state index contributed by atoms with van der Waals surface area (Å²) >= 11 is 0. The van der Waals surface area contributed by atoms with Gasteiger partial charge in [-0.2, -0.15) is 0 Å². The van der Waals surface area contributed by atoms with Gasteiger partial charge in [-0.3, -0.25) is 9.59 Å². The summed E-state index contributed by atoms with van der Waals surface area (Å²) in [5.74, 6) is -1.42. The molecule has 3 rings (SSSR count). The van der Waals surface area contributed by atoms with Crippen LogP contribution in [0.3, 0.4) is 0 Å². The van der Waals surface area contributed by atoms with Crippen LogP contribution in [0.1, 0.15) is 27.3 Å². The Morgan fingerprint density at radius 2 is 2.00 bits per heavy atom. The molecule has 2 N–H and O–H groups in total. The zero-order valence-corrected chi connectivity index (χ0v) is 10.1. The van der Waals surface area contributed by atoms with Crippen molar-refractivity contribution in [2.24, 2.45) is 5.16 Å². The number of ketones is 1. The summed E-state index contributed by atoms with van der Waals surface area (Å²) < 4.78 is 1.24. The fourth-order valence-corrected chi connectivity index (χ4v) is 2.30. The van der Waals surface area contributed by atoms with Gasteiger partial charge >= 0.3 is 5.97 Å². The number of aromatic nitrogens is 2. The van der Waals surface area contributed by atoms with Crippen LogP contribution in [-0.4, -0.2) is 37.3 Å². The molecule has 0 amide bonds. The second-order valence-corrected chi connectivity index (χ2v) is 4.29. The van der Waals surface area contributed by atoms with Gasteiger partial charge in [0, 0.05) is 11.1 Å². The number of carbonyl (C=O) groups excluding carboxylic acids is 1. The van der Waals surface area contributed by atoms with Crippen LogP contribution in [0.5, 0.6) is 0 Å². The van der Waals surface area contributed by atoms with Gasteiger partial charge in [0.2, 0.25) is 5.78 Å². The molecular weight excluding hydrogens is 262 g/mol. The SMILES string of the molecule is O=C(O)Cn1cnc2c1C(=O)c1ccccc1/C2=N\O. The zero-order chi connectivity index (χ0) is 14.3. The average molecular weight is 271 g/mol. The first kappa shape index (κ1) is 12.1. The normalized spacial score (nSPS) is 15.0. The highest BCUT2D eigenvalue weighted by Gasteiger charge is 2.33. The number of hydrogen-bond acceptors (Lipinski definition) is 5. The zero-order valence-electron chi connectivity index (χ0n) is 10.1. The lowest BCUT2D eigenvalue weighted by Gasteiger charge is -2.16. The summed E-state index contributed by atoms with van der Waals surface area (Å²) in [4.78, 5) is 27.3. The third-order valence-electron chi connectivity index (χ3n) is 3.11. The fourth-order valence-electron chi connectivity index (χ4n) is 2.30. The second-order valence-electron chi connectivity index (χ2n) is 4.29. The molecule has 0 atom stereocenters. The predicted molar refractivity (Wildman–Crippen MR) is 67.2 cm³/mol. The number of nitrogens with zero attached hydrogens (tertiary/aromatic N) is 3. The minimum Gasteiger partial charge on any atom is -0.480 e. The van der Waals surface area contributed by atoms with Crippen molar-refractivity contribution in [3.05, 3.63) is 53.1 Å². The molecule has 1 aromatic carbocycles. The van der Waals surface area contributed by atoms with Gasteiger partial charge in [0.15, 0.2) is 0 Å². The third kappa shape index (κ3) is 1.60. The van der Waals surface area contributed by atoms with E-state index in [1.807, 2.05) is 0 Å². The first-order valence-electron chi connectivity index (χ1n) is 5.77. The van der Waals surface area contributed by atoms with Crippen LogP contribution >= 0.6 is 0 Å². The van der Waals surface area contributed by atoms with Crippen LogP contribution in [0.25, 0.3) is 0 Å². The summed E-state index contributed by atoms with van der Waals surface area (Å²) in [5.41, 5.74) is 1.32. The summed E-state index contributed by atoms with van der Waals surface area (Å²) in [5, 5.41) is 21.2. The highest BCUT2D eigenvalue weighted by molar-refractivity contribution is 6.28. The summed E-state index contributed by atoms with van der Waals surface area (Å²) in [6, 6.07) is 6.66. The lowest BCUT2D eigenvalue weighted by atomic mass is 9.89. The van der Waals surface area contributed by atoms with E-state index in [1.54, 1.807) is 24.3 Å². The van der Waals surface area contributed by atoms with Gasteiger partial charge in [0.25, 0.3) is 0 Å². The Hall–Kier alpha value is -2.96. The number of imidazole rings is 1. The van der Waals surface area contributed by atoms with E-state index in [-0.39, 0.29) is 29.4 Å². The summed E-state index contributed by atoms with van der Waals surface area (Å²) in [7, 11) is 0. The standard InChI is InChI=1S/C13H9N3O4/c17-9(18)5-16-6-14-11-10(15-20)7-3-1-2-4-8(7)13(19)12(11)16/h1-4,6,20H,5H2,(H,17,18)/b15-10+. The molecule has 0 radical (unpaired) electrons. The van der Waals surface area contributed by atoms with Gasteiger partial charge < -0.3 is 14.9 Å². The van der Waals surface area contributed by atoms with Crippen molar-refractivity contribution in [3.63, 3.8) is 0 Å². The monoisotopic (exact) mass is 271 g/mol. The number of carboxylic acid groups (broad SMARTS) is 1. The van der Waals surface area contributed by atoms with Gasteiger partial charge in [0.1, 0.15) is 23.6 Å². The van der Waals surface area contributed by atoms with Gasteiger partial charge in [-0.15, -0.1) is 0 Å². The van der Waals surface area contributed by atoms with Gasteiger partial charge in [0.05, 0.1) is 6.33 Å². The van der Waals surface area contributed by atoms with Crippen LogP contribution in [0.4, 0.5) is 0 Å². The number of aliphatic carboxylic acids is 1. The number of carboxylic acids is 1. The molecule has 1 aliphatic rings. The molecule has 0 spiro atoms. The quantitative estimate of drug-likeness (QED) is 0.528. The van der Waals surface area contributed by atoms with Gasteiger partial charge in [-0.05, 0) is 0 Å². The molecule has 1 aliphatic carbocycles. The Kier molecular flexibility index (Phi) is 2.60. The smallest absolute Gasteiger partial charge is 0.323 e. The molecule has 2 aromatic rings. The molecule has 0 aliphatic heterocycles. The number of carbonyl (C=O) groups is 2. The molecule has 1 heterocycles. The van der Waals surface area contributed by atoms with Crippen molar-refractivity contribution in [2.45, 2.75) is 6.54 Å². The van der Waals surface area contributed by atoms with Crippen molar-refractivity contribution >= 4 is 17.5 Å². The highest BCUT2D eigenvalue weighted by Crippen LogP contribution is 2.26. The van der Waals surface area contributed by atoms with E-state index in [9.17, 15) is 14.8 Å². The maximum Gasteiger partial charge on any atom is 0.323 e. The first-order valence-corrected chi connectivity index (χ1v) is 5.77. The van der Waals surface area contributed by atoms with Crippen molar-refractivity contribution < 1.29 is 19.9 Å². The third-order valence-corrected chi connectivity index (χ3v) is 3.11. The number of hydrogen-bond donors (Lipinski definition) is 2. The van der Waals surface area contributed by atoms with E-state index in [2.05, 4.69) is 10.1 Å². The van der Waals surface area contributed by atoms with E-state index >= 15 is 0 Å². The molecule has 0 saturated heterocycles. The average Bonchev–Trinajstić information content (AvgIpc) is 2.83. The molecule has 7 heteroatoms. The number of benzene rings is 1. The lowest BCUT2D eigenvalue weighted by molar-refractivity contribution is -0.137. The van der Waals surface area contributed by atoms with Crippen molar-refractivity contribution in [3.8, 4) is 0 Å². The van der Waals surface area contributed by atoms with Crippen molar-refractivity contribution in [1.82, 2.24) is 9.55 Å². The number of fused-ring (bicyclic) bond motifs is 2. The Morgan fingerprint density at radius 1 is 1.30 bits per heavy atom. The Bertz CT molecular complexity index is 761. The lowest BCUT2D eigenvalue weighted by Crippen LogP contribution is -2.25. The van der Waals surface area contributed by atoms with Crippen LogP contribution < -0.4 is 0 Å². The molecule has 100 valence electrons. The maximum absolute atomic E-state index is 12.4. The molecular formula is C13H9N3O4. The molecule has 0 bridgehead atoms. The first-order chi connectivity index (χ1) is 9.63. The molecule has 20 heavy (non-hydrogen) atoms. The maximum atomic E-state index is 12.4. The Balaban J connectivity index is 2.25. The Morgan fingerprint density at radius 3 is 2.65 bits per heavy atom. The van der Waals surface area contributed by atoms with Crippen molar-refractivity contribution in [1.29, 1.82) is 0 Å². The van der Waals surface area contributed by atoms with E-state index in [4.69, 9.17) is 5.11 Å². The molecule has 7 nitrogen and oxygen atoms in total. The van der Waals surface area contributed by atoms with Crippen molar-refractivity contribution in [2.75, 3.05) is 0 Å². The topological polar surface area (TPSA) is 105 Å². The van der Waals surface area contributed by atoms with E-state index < -0.39 is 5.97 Å². The van der Waals surface area contributed by atoms with Crippen LogP contribution in [-0.2, 0) is 11.3 Å². The van der Waals surface area contributed by atoms with Gasteiger partial charge in [-0.1, -0.05) is 29.4 Å². The van der Waals surface area contributed by atoms with Gasteiger partial charge in [-0.25, -0.2) is 4.98 Å². The molecule has 0 unspecified atom stereocenters. The van der Waals surface area contributed by atoms with Crippen LogP contribution in [0, 0.1) is 0 Å². The predicted octanol–water partition coefficient (Wildman–Crippen LogP) is 0.739. The number of rotatable bonds is 2. The summed E-state index contributed by atoms with van der Waals surface area (Å²) in [6.45, 7) is -0.380. The highest BCUT2D eigenvalue weighted by atomic mass is 16.4. The van der Waals surface area contributed by atoms with E-state index in [1.165, 1.54) is 10.9 Å². The summed E-state index contributed by atoms with van der Waals surface area (Å²) in [6.07, 6.45) is 1.26. The van der Waals surface area contributed by atoms with E-state index in [0.29, 0.717) is 11.1 Å². The van der Waals surface area contributed by atoms with Crippen LogP contribution in [0.2, 0.25) is 0 Å². The molecule has 0 fully saturated rings. The van der Waals surface area contributed by atoms with Crippen LogP contribution in [0.15, 0.2) is 35.7 Å². The number of oxime groups is 1. The molecule has 1 aromatic heterocycles.